The Bertz CT molecular complexity index is 221. The van der Waals surface area contributed by atoms with Gasteiger partial charge in [-0.1, -0.05) is 6.92 Å². The summed E-state index contributed by atoms with van der Waals surface area (Å²) in [4.78, 5) is 4.80. The molecule has 15 heavy (non-hydrogen) atoms. The zero-order valence-corrected chi connectivity index (χ0v) is 10.2. The van der Waals surface area contributed by atoms with Crippen LogP contribution in [0, 0.1) is 12.3 Å². The smallest absolute Gasteiger partial charge is 0.0383 e. The van der Waals surface area contributed by atoms with Crippen LogP contribution in [-0.4, -0.2) is 62.2 Å². The molecule has 0 aromatic carbocycles. The maximum atomic E-state index is 5.42. The summed E-state index contributed by atoms with van der Waals surface area (Å²) in [6, 6.07) is 0.965. The fourth-order valence-electron chi connectivity index (χ4n) is 2.21. The van der Waals surface area contributed by atoms with Crippen molar-refractivity contribution in [2.24, 2.45) is 0 Å². The molecule has 0 radical (unpaired) electrons. The summed E-state index contributed by atoms with van der Waals surface area (Å²) in [5.74, 6) is 2.78. The molecule has 0 aromatic heterocycles. The average molecular weight is 209 g/mol. The van der Waals surface area contributed by atoms with Crippen molar-refractivity contribution < 1.29 is 0 Å². The van der Waals surface area contributed by atoms with E-state index in [4.69, 9.17) is 6.42 Å². The highest BCUT2D eigenvalue weighted by Crippen LogP contribution is 2.12. The summed E-state index contributed by atoms with van der Waals surface area (Å²) in [6.45, 7) is 6.52. The van der Waals surface area contributed by atoms with Crippen molar-refractivity contribution in [1.29, 1.82) is 0 Å². The summed E-state index contributed by atoms with van der Waals surface area (Å²) in [5, 5.41) is 3.49. The van der Waals surface area contributed by atoms with E-state index in [9.17, 15) is 0 Å². The van der Waals surface area contributed by atoms with Crippen molar-refractivity contribution >= 4 is 0 Å². The van der Waals surface area contributed by atoms with Gasteiger partial charge in [0.1, 0.15) is 0 Å². The van der Waals surface area contributed by atoms with Crippen LogP contribution in [0.1, 0.15) is 13.3 Å². The van der Waals surface area contributed by atoms with Crippen LogP contribution in [0.2, 0.25) is 0 Å². The molecule has 0 spiro atoms. The number of likely N-dealkylation sites (N-methyl/N-ethyl adjacent to an activating group) is 3. The molecule has 0 bridgehead atoms. The third kappa shape index (κ3) is 3.49. The van der Waals surface area contributed by atoms with Crippen LogP contribution in [0.3, 0.4) is 0 Å². The number of piperazine rings is 1. The van der Waals surface area contributed by atoms with Crippen molar-refractivity contribution in [3.63, 3.8) is 0 Å². The molecule has 1 N–H and O–H groups in total. The minimum atomic E-state index is 0.424. The fraction of sp³-hybridized carbons (Fsp3) is 0.833. The Morgan fingerprint density at radius 2 is 2.20 bits per heavy atom. The lowest BCUT2D eigenvalue weighted by Gasteiger charge is -2.41. The predicted octanol–water partition coefficient (Wildman–Crippen LogP) is 0.234. The first-order chi connectivity index (χ1) is 7.19. The predicted molar refractivity (Wildman–Crippen MR) is 64.8 cm³/mol. The van der Waals surface area contributed by atoms with E-state index in [1.54, 1.807) is 0 Å². The maximum absolute atomic E-state index is 5.42. The van der Waals surface area contributed by atoms with E-state index in [1.165, 1.54) is 0 Å². The van der Waals surface area contributed by atoms with E-state index >= 15 is 0 Å². The summed E-state index contributed by atoms with van der Waals surface area (Å²) in [6.07, 6.45) is 6.24. The number of nitrogens with one attached hydrogen (secondary N) is 1. The van der Waals surface area contributed by atoms with Gasteiger partial charge in [0.25, 0.3) is 0 Å². The lowest BCUT2D eigenvalue weighted by molar-refractivity contribution is 0.0893. The summed E-state index contributed by atoms with van der Waals surface area (Å²) in [5.41, 5.74) is 0. The van der Waals surface area contributed by atoms with Crippen LogP contribution in [0.25, 0.3) is 0 Å². The molecule has 1 aliphatic rings. The lowest BCUT2D eigenvalue weighted by Crippen LogP contribution is -2.58. The average Bonchev–Trinajstić information content (AvgIpc) is 2.21. The van der Waals surface area contributed by atoms with Gasteiger partial charge in [0.15, 0.2) is 0 Å². The highest BCUT2D eigenvalue weighted by atomic mass is 15.3. The van der Waals surface area contributed by atoms with Gasteiger partial charge in [-0.25, -0.2) is 0 Å². The Morgan fingerprint density at radius 1 is 1.47 bits per heavy atom. The molecule has 1 saturated heterocycles. The molecule has 1 fully saturated rings. The topological polar surface area (TPSA) is 18.5 Å². The van der Waals surface area contributed by atoms with E-state index < -0.39 is 0 Å². The Kier molecular flexibility index (Phi) is 5.10. The van der Waals surface area contributed by atoms with Crippen LogP contribution in [-0.2, 0) is 0 Å². The zero-order valence-electron chi connectivity index (χ0n) is 10.2. The van der Waals surface area contributed by atoms with E-state index in [0.717, 1.165) is 32.6 Å². The molecule has 1 rings (SSSR count). The number of nitrogens with zero attached hydrogens (tertiary/aromatic N) is 2. The third-order valence-corrected chi connectivity index (χ3v) is 3.17. The molecule has 0 aliphatic carbocycles. The summed E-state index contributed by atoms with van der Waals surface area (Å²) >= 11 is 0. The molecular weight excluding hydrogens is 186 g/mol. The van der Waals surface area contributed by atoms with Crippen LogP contribution < -0.4 is 5.32 Å². The second-order valence-corrected chi connectivity index (χ2v) is 4.38. The Balaban J connectivity index is 2.59. The monoisotopic (exact) mass is 209 g/mol. The van der Waals surface area contributed by atoms with Gasteiger partial charge in [0.2, 0.25) is 0 Å². The van der Waals surface area contributed by atoms with Gasteiger partial charge in [-0.05, 0) is 20.6 Å². The van der Waals surface area contributed by atoms with Crippen molar-refractivity contribution in [1.82, 2.24) is 15.1 Å². The van der Waals surface area contributed by atoms with Gasteiger partial charge >= 0.3 is 0 Å². The van der Waals surface area contributed by atoms with Gasteiger partial charge in [0.05, 0.1) is 0 Å². The van der Waals surface area contributed by atoms with Crippen molar-refractivity contribution in [2.75, 3.05) is 40.3 Å². The van der Waals surface area contributed by atoms with Crippen molar-refractivity contribution in [3.05, 3.63) is 0 Å². The van der Waals surface area contributed by atoms with Gasteiger partial charge in [-0.3, -0.25) is 4.90 Å². The van der Waals surface area contributed by atoms with Crippen LogP contribution in [0.15, 0.2) is 0 Å². The minimum Gasteiger partial charge on any atom is -0.312 e. The molecule has 2 atom stereocenters. The zero-order chi connectivity index (χ0) is 11.3. The lowest BCUT2D eigenvalue weighted by atomic mass is 10.0. The van der Waals surface area contributed by atoms with Crippen molar-refractivity contribution in [2.45, 2.75) is 25.4 Å². The highest BCUT2D eigenvalue weighted by molar-refractivity contribution is 4.97. The minimum absolute atomic E-state index is 0.424. The summed E-state index contributed by atoms with van der Waals surface area (Å²) in [7, 11) is 4.37. The molecule has 0 aromatic rings. The first kappa shape index (κ1) is 12.5. The first-order valence-corrected chi connectivity index (χ1v) is 5.74. The fourth-order valence-corrected chi connectivity index (χ4v) is 2.21. The molecule has 1 aliphatic heterocycles. The molecular formula is C12H23N3. The second-order valence-electron chi connectivity index (χ2n) is 4.38. The van der Waals surface area contributed by atoms with Crippen LogP contribution >= 0.6 is 0 Å². The van der Waals surface area contributed by atoms with Gasteiger partial charge in [-0.2, -0.15) is 0 Å². The Hall–Kier alpha value is -0.560. The first-order valence-electron chi connectivity index (χ1n) is 5.74. The van der Waals surface area contributed by atoms with Gasteiger partial charge in [-0.15, -0.1) is 12.3 Å². The molecule has 0 amide bonds. The standard InChI is InChI=1S/C12H23N3/c1-5-7-11(13-6-2)12-10-14(3)8-9-15(12)4/h1,11-13H,6-10H2,2-4H3. The SMILES string of the molecule is C#CCC(NCC)C1CN(C)CCN1C. The summed E-state index contributed by atoms with van der Waals surface area (Å²) < 4.78 is 0. The number of hydrogen-bond acceptors (Lipinski definition) is 3. The second kappa shape index (κ2) is 6.12. The number of terminal acetylenes is 1. The Morgan fingerprint density at radius 3 is 2.80 bits per heavy atom. The molecule has 86 valence electrons. The Labute approximate surface area is 93.8 Å². The van der Waals surface area contributed by atoms with Crippen LogP contribution in [0.5, 0.6) is 0 Å². The van der Waals surface area contributed by atoms with E-state index in [1.807, 2.05) is 0 Å². The van der Waals surface area contributed by atoms with Crippen LogP contribution in [0.4, 0.5) is 0 Å². The van der Waals surface area contributed by atoms with Gasteiger partial charge in [0, 0.05) is 38.1 Å². The number of hydrogen-bond donors (Lipinski definition) is 1. The quantitative estimate of drug-likeness (QED) is 0.669. The highest BCUT2D eigenvalue weighted by Gasteiger charge is 2.28. The maximum Gasteiger partial charge on any atom is 0.0383 e. The molecule has 2 unspecified atom stereocenters. The molecule has 3 heteroatoms. The van der Waals surface area contributed by atoms with E-state index in [2.05, 4.69) is 42.1 Å². The number of rotatable bonds is 4. The third-order valence-electron chi connectivity index (χ3n) is 3.17. The van der Waals surface area contributed by atoms with Crippen molar-refractivity contribution in [3.8, 4) is 12.3 Å². The molecule has 3 nitrogen and oxygen atoms in total. The van der Waals surface area contributed by atoms with Gasteiger partial charge < -0.3 is 10.2 Å². The molecule has 0 saturated carbocycles. The largest absolute Gasteiger partial charge is 0.312 e. The normalized spacial score (nSPS) is 26.1. The van der Waals surface area contributed by atoms with E-state index in [0.29, 0.717) is 12.1 Å². The molecule has 1 heterocycles. The van der Waals surface area contributed by atoms with E-state index in [-0.39, 0.29) is 0 Å².